The van der Waals surface area contributed by atoms with Gasteiger partial charge in [0.2, 0.25) is 28.9 Å². The first-order valence-electron chi connectivity index (χ1n) is 10.3. The van der Waals surface area contributed by atoms with Crippen LogP contribution in [0.2, 0.25) is 0 Å². The molecule has 0 aliphatic heterocycles. The summed E-state index contributed by atoms with van der Waals surface area (Å²) in [6, 6.07) is 4.89. The Morgan fingerprint density at radius 1 is 1.03 bits per heavy atom. The van der Waals surface area contributed by atoms with E-state index in [4.69, 9.17) is 16.2 Å². The smallest absolute Gasteiger partial charge is 0.341 e. The number of carbonyl (C=O) groups is 6. The zero-order valence-electron chi connectivity index (χ0n) is 19.0. The molecular formula is C22H28FN3O8. The molecule has 0 heterocycles. The first-order valence-corrected chi connectivity index (χ1v) is 10.3. The van der Waals surface area contributed by atoms with Gasteiger partial charge in [-0.05, 0) is 18.4 Å². The van der Waals surface area contributed by atoms with Crippen molar-refractivity contribution in [1.82, 2.24) is 4.90 Å². The van der Waals surface area contributed by atoms with Gasteiger partial charge in [0.1, 0.15) is 6.61 Å². The van der Waals surface area contributed by atoms with E-state index in [9.17, 15) is 38.3 Å². The highest BCUT2D eigenvalue weighted by atomic mass is 19.1. The Balaban J connectivity index is 3.82. The molecule has 1 rings (SSSR count). The minimum atomic E-state index is -3.36. The Kier molecular flexibility index (Phi) is 10.1. The predicted octanol–water partition coefficient (Wildman–Crippen LogP) is -0.263. The number of halogens is 1. The number of nitrogens with two attached hydrogens (primary N) is 2. The molecule has 1 aromatic rings. The van der Waals surface area contributed by atoms with E-state index in [1.54, 1.807) is 18.2 Å². The van der Waals surface area contributed by atoms with E-state index < -0.39 is 78.6 Å². The summed E-state index contributed by atoms with van der Waals surface area (Å²) in [5, 5.41) is 9.51. The van der Waals surface area contributed by atoms with Gasteiger partial charge < -0.3 is 21.3 Å². The van der Waals surface area contributed by atoms with Gasteiger partial charge in [-0.25, -0.2) is 9.18 Å². The monoisotopic (exact) mass is 481 g/mol. The van der Waals surface area contributed by atoms with Crippen LogP contribution in [0.5, 0.6) is 0 Å². The molecule has 1 aromatic carbocycles. The molecule has 2 amide bonds. The predicted molar refractivity (Wildman–Crippen MR) is 116 cm³/mol. The molecule has 3 atom stereocenters. The summed E-state index contributed by atoms with van der Waals surface area (Å²) in [4.78, 5) is 76.4. The number of alkyl halides is 1. The second-order valence-corrected chi connectivity index (χ2v) is 7.95. The van der Waals surface area contributed by atoms with Gasteiger partial charge in [-0.15, -0.1) is 0 Å². The SMILES string of the molecule is CC(N)C(=O)N(C(=O)C(N)C(C)C)C(CC(=O)O)(C(=O)OCc1ccccc1)C(=O)C(=O)CF. The van der Waals surface area contributed by atoms with Crippen LogP contribution in [0.3, 0.4) is 0 Å². The molecule has 12 heteroatoms. The van der Waals surface area contributed by atoms with E-state index in [-0.39, 0.29) is 4.90 Å². The van der Waals surface area contributed by atoms with Crippen molar-refractivity contribution in [3.63, 3.8) is 0 Å². The lowest BCUT2D eigenvalue weighted by Crippen LogP contribution is -2.71. The summed E-state index contributed by atoms with van der Waals surface area (Å²) in [5.41, 5.74) is 8.48. The normalized spacial score (nSPS) is 14.4. The number of carbonyl (C=O) groups excluding carboxylic acids is 5. The van der Waals surface area contributed by atoms with Crippen molar-refractivity contribution in [2.24, 2.45) is 17.4 Å². The summed E-state index contributed by atoms with van der Waals surface area (Å²) in [7, 11) is 0. The minimum Gasteiger partial charge on any atom is -0.481 e. The quantitative estimate of drug-likeness (QED) is 0.204. The first-order chi connectivity index (χ1) is 15.8. The first kappa shape index (κ1) is 28.5. The van der Waals surface area contributed by atoms with Gasteiger partial charge >= 0.3 is 11.9 Å². The molecule has 0 saturated carbocycles. The van der Waals surface area contributed by atoms with E-state index in [2.05, 4.69) is 0 Å². The molecule has 11 nitrogen and oxygen atoms in total. The molecule has 0 bridgehead atoms. The van der Waals surface area contributed by atoms with E-state index in [1.807, 2.05) is 0 Å². The molecule has 0 spiro atoms. The lowest BCUT2D eigenvalue weighted by molar-refractivity contribution is -0.179. The van der Waals surface area contributed by atoms with Crippen molar-refractivity contribution in [3.8, 4) is 0 Å². The second-order valence-electron chi connectivity index (χ2n) is 7.95. The highest BCUT2D eigenvalue weighted by Gasteiger charge is 2.60. The number of esters is 1. The summed E-state index contributed by atoms with van der Waals surface area (Å²) >= 11 is 0. The number of hydrogen-bond acceptors (Lipinski definition) is 9. The van der Waals surface area contributed by atoms with Crippen molar-refractivity contribution in [1.29, 1.82) is 0 Å². The standard InChI is InChI=1S/C22H28FN3O8/c1-12(2)17(25)20(32)26(19(31)13(3)24)22(9-16(28)29,18(30)15(27)10-23)21(33)34-11-14-7-5-4-6-8-14/h4-8,12-13,17H,9-11,24-25H2,1-3H3,(H,28,29). The number of imide groups is 1. The van der Waals surface area contributed by atoms with Crippen molar-refractivity contribution in [2.75, 3.05) is 6.67 Å². The average molecular weight is 481 g/mol. The van der Waals surface area contributed by atoms with Crippen molar-refractivity contribution in [2.45, 2.75) is 51.4 Å². The van der Waals surface area contributed by atoms with Crippen molar-refractivity contribution in [3.05, 3.63) is 35.9 Å². The van der Waals surface area contributed by atoms with Gasteiger partial charge in [0.15, 0.2) is 6.67 Å². The van der Waals surface area contributed by atoms with E-state index in [0.29, 0.717) is 5.56 Å². The molecule has 186 valence electrons. The molecule has 0 aliphatic carbocycles. The Labute approximate surface area is 195 Å². The Morgan fingerprint density at radius 3 is 2.03 bits per heavy atom. The zero-order valence-corrected chi connectivity index (χ0v) is 19.0. The molecule has 0 radical (unpaired) electrons. The maximum absolute atomic E-state index is 13.3. The van der Waals surface area contributed by atoms with Crippen LogP contribution in [0.1, 0.15) is 32.8 Å². The van der Waals surface area contributed by atoms with Crippen LogP contribution in [0.25, 0.3) is 0 Å². The number of ketones is 2. The largest absolute Gasteiger partial charge is 0.481 e. The number of amides is 2. The minimum absolute atomic E-state index is 0.0420. The van der Waals surface area contributed by atoms with Gasteiger partial charge in [-0.1, -0.05) is 44.2 Å². The van der Waals surface area contributed by atoms with Crippen molar-refractivity contribution < 1.29 is 43.0 Å². The number of nitrogens with zero attached hydrogens (tertiary/aromatic N) is 1. The number of carboxylic acids is 1. The van der Waals surface area contributed by atoms with Crippen LogP contribution in [0.15, 0.2) is 30.3 Å². The van der Waals surface area contributed by atoms with Crippen LogP contribution in [-0.2, 0) is 40.1 Å². The van der Waals surface area contributed by atoms with E-state index >= 15 is 0 Å². The molecule has 34 heavy (non-hydrogen) atoms. The fourth-order valence-electron chi connectivity index (χ4n) is 2.99. The highest BCUT2D eigenvalue weighted by Crippen LogP contribution is 2.28. The average Bonchev–Trinajstić information content (AvgIpc) is 2.80. The van der Waals surface area contributed by atoms with Gasteiger partial charge in [0.05, 0.1) is 18.5 Å². The van der Waals surface area contributed by atoms with Gasteiger partial charge in [0, 0.05) is 0 Å². The fraction of sp³-hybridized carbons (Fsp3) is 0.455. The molecule has 3 unspecified atom stereocenters. The van der Waals surface area contributed by atoms with Crippen LogP contribution < -0.4 is 11.5 Å². The maximum atomic E-state index is 13.3. The molecule has 0 fully saturated rings. The highest BCUT2D eigenvalue weighted by molar-refractivity contribution is 6.46. The summed E-state index contributed by atoms with van der Waals surface area (Å²) in [5.74, 6) is -10.7. The topological polar surface area (TPSA) is 187 Å². The Hall–Kier alpha value is -3.51. The number of rotatable bonds is 12. The second kappa shape index (κ2) is 12.1. The van der Waals surface area contributed by atoms with Crippen LogP contribution >= 0.6 is 0 Å². The maximum Gasteiger partial charge on any atom is 0.341 e. The third kappa shape index (κ3) is 6.29. The fourth-order valence-corrected chi connectivity index (χ4v) is 2.99. The van der Waals surface area contributed by atoms with Crippen LogP contribution in [0, 0.1) is 5.92 Å². The van der Waals surface area contributed by atoms with Crippen molar-refractivity contribution >= 4 is 35.3 Å². The van der Waals surface area contributed by atoms with Gasteiger partial charge in [-0.3, -0.25) is 28.9 Å². The molecule has 0 aliphatic rings. The Morgan fingerprint density at radius 2 is 1.59 bits per heavy atom. The zero-order chi connectivity index (χ0) is 26.2. The number of benzene rings is 1. The number of aliphatic carboxylic acids is 1. The number of ether oxygens (including phenoxy) is 1. The molecule has 0 saturated heterocycles. The summed E-state index contributed by atoms with van der Waals surface area (Å²) < 4.78 is 18.3. The molecule has 5 N–H and O–H groups in total. The van der Waals surface area contributed by atoms with Crippen LogP contribution in [-0.4, -0.2) is 69.6 Å². The van der Waals surface area contributed by atoms with Crippen LogP contribution in [0.4, 0.5) is 4.39 Å². The number of carboxylic acid groups (broad SMARTS) is 1. The molecular weight excluding hydrogens is 453 g/mol. The third-order valence-corrected chi connectivity index (χ3v) is 4.92. The number of Topliss-reactive ketones (excluding diaryl/α,β-unsaturated/α-hetero) is 2. The van der Waals surface area contributed by atoms with Gasteiger partial charge in [0.25, 0.3) is 0 Å². The third-order valence-electron chi connectivity index (χ3n) is 4.92. The summed E-state index contributed by atoms with van der Waals surface area (Å²) in [6.45, 7) is 1.64. The van der Waals surface area contributed by atoms with E-state index in [1.165, 1.54) is 26.0 Å². The number of hydrogen-bond donors (Lipinski definition) is 3. The lowest BCUT2D eigenvalue weighted by atomic mass is 9.83. The molecule has 0 aromatic heterocycles. The van der Waals surface area contributed by atoms with Gasteiger partial charge in [-0.2, -0.15) is 0 Å². The van der Waals surface area contributed by atoms with E-state index in [0.717, 1.165) is 6.92 Å². The summed E-state index contributed by atoms with van der Waals surface area (Å²) in [6.07, 6.45) is -1.57. The Bertz CT molecular complexity index is 951. The lowest BCUT2D eigenvalue weighted by Gasteiger charge is -2.39.